The number of methoxy groups -OCH3 is 1. The van der Waals surface area contributed by atoms with Gasteiger partial charge in [0.15, 0.2) is 0 Å². The first-order valence-corrected chi connectivity index (χ1v) is 13.3. The number of hydrogen-bond donors (Lipinski definition) is 0. The third kappa shape index (κ3) is 6.31. The van der Waals surface area contributed by atoms with Crippen molar-refractivity contribution in [3.8, 4) is 11.5 Å². The Balaban J connectivity index is 0.00000156. The van der Waals surface area contributed by atoms with Crippen molar-refractivity contribution in [1.82, 2.24) is 4.90 Å². The van der Waals surface area contributed by atoms with Gasteiger partial charge >= 0.3 is 0 Å². The first kappa shape index (κ1) is 26.7. The van der Waals surface area contributed by atoms with Crippen molar-refractivity contribution in [2.24, 2.45) is 0 Å². The molecule has 1 fully saturated rings. The molecule has 196 valence electrons. The smallest absolute Gasteiger partial charge is 0.259 e. The number of likely N-dealkylation sites (tertiary alicyclic amines) is 1. The van der Waals surface area contributed by atoms with Gasteiger partial charge in [0.25, 0.3) is 5.91 Å². The zero-order valence-corrected chi connectivity index (χ0v) is 22.1. The van der Waals surface area contributed by atoms with E-state index >= 15 is 0 Å². The number of anilines is 1. The summed E-state index contributed by atoms with van der Waals surface area (Å²) in [7, 11) is 1.59. The second-order valence-corrected chi connectivity index (χ2v) is 9.22. The van der Waals surface area contributed by atoms with E-state index in [2.05, 4.69) is 17.0 Å². The lowest BCUT2D eigenvalue weighted by atomic mass is 9.97. The summed E-state index contributed by atoms with van der Waals surface area (Å²) >= 11 is 0. The van der Waals surface area contributed by atoms with Crippen molar-refractivity contribution >= 4 is 11.6 Å². The maximum atomic E-state index is 13.6. The van der Waals surface area contributed by atoms with Crippen molar-refractivity contribution in [3.63, 3.8) is 0 Å². The van der Waals surface area contributed by atoms with Gasteiger partial charge in [-0.05, 0) is 92.0 Å². The fraction of sp³-hybridized carbons (Fsp3) is 0.387. The lowest BCUT2D eigenvalue weighted by Crippen LogP contribution is -2.33. The van der Waals surface area contributed by atoms with E-state index in [1.54, 1.807) is 30.2 Å². The van der Waals surface area contributed by atoms with Crippen molar-refractivity contribution in [3.05, 3.63) is 89.2 Å². The van der Waals surface area contributed by atoms with Crippen LogP contribution in [0.2, 0.25) is 0 Å². The maximum absolute atomic E-state index is 13.6. The van der Waals surface area contributed by atoms with Crippen LogP contribution in [0.5, 0.6) is 11.5 Å². The molecule has 5 rings (SSSR count). The third-order valence-corrected chi connectivity index (χ3v) is 6.96. The highest BCUT2D eigenvalue weighted by Gasteiger charge is 2.38. The molecular weight excluding hydrogens is 467 g/mol. The molecule has 0 aliphatic carbocycles. The lowest BCUT2D eigenvalue weighted by Gasteiger charge is -2.26. The van der Waals surface area contributed by atoms with Gasteiger partial charge in [-0.2, -0.15) is 0 Å². The fourth-order valence-corrected chi connectivity index (χ4v) is 5.07. The van der Waals surface area contributed by atoms with E-state index in [9.17, 15) is 9.18 Å². The summed E-state index contributed by atoms with van der Waals surface area (Å²) in [6.07, 6.45) is 4.53. The first-order valence-electron chi connectivity index (χ1n) is 13.3. The summed E-state index contributed by atoms with van der Waals surface area (Å²) in [6, 6.07) is 19.6. The van der Waals surface area contributed by atoms with Crippen molar-refractivity contribution in [2.75, 3.05) is 38.3 Å². The Bertz CT molecular complexity index is 1160. The molecule has 3 aromatic carbocycles. The molecule has 0 bridgehead atoms. The van der Waals surface area contributed by atoms with Crippen LogP contribution >= 0.6 is 0 Å². The zero-order chi connectivity index (χ0) is 26.2. The summed E-state index contributed by atoms with van der Waals surface area (Å²) in [5.74, 6) is 1.07. The van der Waals surface area contributed by atoms with Gasteiger partial charge in [-0.1, -0.05) is 38.5 Å². The highest BCUT2D eigenvalue weighted by Crippen LogP contribution is 2.41. The van der Waals surface area contributed by atoms with E-state index in [0.29, 0.717) is 30.0 Å². The highest BCUT2D eigenvalue weighted by atomic mass is 19.1. The number of hydrogen-bond acceptors (Lipinski definition) is 4. The predicted molar refractivity (Wildman–Crippen MR) is 146 cm³/mol. The van der Waals surface area contributed by atoms with Gasteiger partial charge in [0.05, 0.1) is 13.2 Å². The first-order chi connectivity index (χ1) is 18.1. The number of benzene rings is 3. The number of halogens is 1. The number of carbonyl (C=O) groups excluding carboxylic acids is 1. The molecule has 0 spiro atoms. The number of amides is 1. The molecular formula is C31H37FN2O3. The summed E-state index contributed by atoms with van der Waals surface area (Å²) in [5, 5.41) is 0. The van der Waals surface area contributed by atoms with Crippen LogP contribution in [0.1, 0.15) is 60.6 Å². The third-order valence-electron chi connectivity index (χ3n) is 6.96. The van der Waals surface area contributed by atoms with Crippen LogP contribution in [0, 0.1) is 5.82 Å². The molecule has 0 radical (unpaired) electrons. The Morgan fingerprint density at radius 3 is 2.24 bits per heavy atom. The lowest BCUT2D eigenvalue weighted by molar-refractivity contribution is 0.0991. The van der Waals surface area contributed by atoms with Gasteiger partial charge in [0.1, 0.15) is 23.9 Å². The summed E-state index contributed by atoms with van der Waals surface area (Å²) < 4.78 is 24.9. The summed E-state index contributed by atoms with van der Waals surface area (Å²) in [4.78, 5) is 17.6. The Hall–Kier alpha value is -3.38. The Labute approximate surface area is 219 Å². The molecule has 5 nitrogen and oxygen atoms in total. The highest BCUT2D eigenvalue weighted by molar-refractivity contribution is 6.11. The van der Waals surface area contributed by atoms with E-state index in [-0.39, 0.29) is 17.8 Å². The summed E-state index contributed by atoms with van der Waals surface area (Å²) in [6.45, 7) is 7.98. The van der Waals surface area contributed by atoms with Crippen LogP contribution in [-0.4, -0.2) is 44.2 Å². The molecule has 0 saturated carbocycles. The number of rotatable bonds is 8. The molecule has 37 heavy (non-hydrogen) atoms. The van der Waals surface area contributed by atoms with Crippen LogP contribution in [-0.2, 0) is 6.42 Å². The Kier molecular flexibility index (Phi) is 9.18. The number of ether oxygens (including phenoxy) is 2. The molecule has 2 heterocycles. The number of nitrogens with zero attached hydrogens (tertiary/aromatic N) is 2. The number of piperidine rings is 1. The normalized spacial score (nSPS) is 17.1. The van der Waals surface area contributed by atoms with Gasteiger partial charge in [-0.3, -0.25) is 9.69 Å². The molecule has 0 aromatic heterocycles. The van der Waals surface area contributed by atoms with E-state index < -0.39 is 0 Å². The summed E-state index contributed by atoms with van der Waals surface area (Å²) in [5.41, 5.74) is 3.34. The quantitative estimate of drug-likeness (QED) is 0.344. The largest absolute Gasteiger partial charge is 0.497 e. The average molecular weight is 505 g/mol. The van der Waals surface area contributed by atoms with Gasteiger partial charge in [0, 0.05) is 17.8 Å². The maximum Gasteiger partial charge on any atom is 0.259 e. The van der Waals surface area contributed by atoms with Crippen LogP contribution in [0.15, 0.2) is 66.7 Å². The molecule has 2 aliphatic rings. The predicted octanol–water partition coefficient (Wildman–Crippen LogP) is 6.67. The minimum atomic E-state index is -0.327. The molecule has 1 saturated heterocycles. The monoisotopic (exact) mass is 504 g/mol. The number of fused-ring (bicyclic) bond motifs is 1. The molecule has 1 atom stereocenters. The van der Waals surface area contributed by atoms with Crippen LogP contribution in [0.25, 0.3) is 0 Å². The molecule has 6 heteroatoms. The van der Waals surface area contributed by atoms with E-state index in [1.807, 2.05) is 38.1 Å². The average Bonchev–Trinajstić information content (AvgIpc) is 3.22. The van der Waals surface area contributed by atoms with E-state index in [1.165, 1.54) is 44.5 Å². The zero-order valence-electron chi connectivity index (χ0n) is 22.1. The number of carbonyl (C=O) groups is 1. The van der Waals surface area contributed by atoms with Crippen molar-refractivity contribution in [1.29, 1.82) is 0 Å². The van der Waals surface area contributed by atoms with Gasteiger partial charge in [-0.15, -0.1) is 0 Å². The molecule has 0 N–H and O–H groups in total. The minimum Gasteiger partial charge on any atom is -0.497 e. The van der Waals surface area contributed by atoms with Gasteiger partial charge in [-0.25, -0.2) is 4.39 Å². The Morgan fingerprint density at radius 1 is 0.892 bits per heavy atom. The molecule has 2 aliphatic heterocycles. The Morgan fingerprint density at radius 2 is 1.57 bits per heavy atom. The van der Waals surface area contributed by atoms with Gasteiger partial charge < -0.3 is 14.4 Å². The van der Waals surface area contributed by atoms with Crippen LogP contribution < -0.4 is 14.4 Å². The minimum absolute atomic E-state index is 0.104. The van der Waals surface area contributed by atoms with Crippen molar-refractivity contribution in [2.45, 2.75) is 45.6 Å². The van der Waals surface area contributed by atoms with Crippen molar-refractivity contribution < 1.29 is 18.7 Å². The second-order valence-electron chi connectivity index (χ2n) is 9.22. The van der Waals surface area contributed by atoms with E-state index in [0.717, 1.165) is 23.4 Å². The second kappa shape index (κ2) is 12.7. The van der Waals surface area contributed by atoms with Crippen LogP contribution in [0.4, 0.5) is 10.1 Å². The topological polar surface area (TPSA) is 42.0 Å². The SMILES string of the molecule is CC.COc1ccc2c(c1)C(=O)N(c1ccc(F)cc1)C2Cc1ccc(OCCN2CCCCC2)cc1. The van der Waals surface area contributed by atoms with Gasteiger partial charge in [0.2, 0.25) is 0 Å². The molecule has 1 amide bonds. The molecule has 1 unspecified atom stereocenters. The van der Waals surface area contributed by atoms with E-state index in [4.69, 9.17) is 9.47 Å². The molecule has 3 aromatic rings. The van der Waals surface area contributed by atoms with Crippen LogP contribution in [0.3, 0.4) is 0 Å². The standard InChI is InChI=1S/C29H31FN2O3.C2H6/c1-34-25-13-14-26-27(20-25)29(33)32(23-9-7-22(30)8-10-23)28(26)19-21-5-11-24(12-6-21)35-18-17-31-15-3-2-4-16-31;1-2/h5-14,20,28H,2-4,15-19H2,1H3;1-2H3. The fourth-order valence-electron chi connectivity index (χ4n) is 5.07.